The van der Waals surface area contributed by atoms with Crippen molar-refractivity contribution in [1.82, 2.24) is 5.32 Å². The van der Waals surface area contributed by atoms with Crippen molar-refractivity contribution in [3.05, 3.63) is 0 Å². The minimum atomic E-state index is -0.00645. The van der Waals surface area contributed by atoms with Gasteiger partial charge in [-0.2, -0.15) is 0 Å². The van der Waals surface area contributed by atoms with Gasteiger partial charge in [0.25, 0.3) is 0 Å². The second kappa shape index (κ2) is 7.60. The van der Waals surface area contributed by atoms with Crippen molar-refractivity contribution in [3.63, 3.8) is 0 Å². The van der Waals surface area contributed by atoms with Crippen molar-refractivity contribution in [3.8, 4) is 0 Å². The van der Waals surface area contributed by atoms with E-state index in [9.17, 15) is 4.79 Å². The third-order valence-corrected chi connectivity index (χ3v) is 2.66. The molecule has 0 spiro atoms. The molecule has 16 heavy (non-hydrogen) atoms. The van der Waals surface area contributed by atoms with E-state index in [1.165, 1.54) is 0 Å². The predicted molar refractivity (Wildman–Crippen MR) is 61.1 cm³/mol. The second-order valence-electron chi connectivity index (χ2n) is 4.19. The van der Waals surface area contributed by atoms with E-state index in [-0.39, 0.29) is 18.1 Å². The smallest absolute Gasteiger partial charge is 0.222 e. The topological polar surface area (TPSA) is 73.6 Å². The van der Waals surface area contributed by atoms with Crippen molar-refractivity contribution < 1.29 is 14.3 Å². The molecule has 3 N–H and O–H groups in total. The standard InChI is InChI=1S/C11H22N2O3/c1-15-8-9(12)4-5-13-11(14)7-10-3-2-6-16-10/h9-10H,2-8,12H2,1H3,(H,13,14). The lowest BCUT2D eigenvalue weighted by Crippen LogP contribution is -2.34. The van der Waals surface area contributed by atoms with Crippen LogP contribution in [-0.2, 0) is 14.3 Å². The molecule has 1 amide bonds. The van der Waals surface area contributed by atoms with Gasteiger partial charge in [-0.15, -0.1) is 0 Å². The van der Waals surface area contributed by atoms with E-state index in [0.717, 1.165) is 25.9 Å². The van der Waals surface area contributed by atoms with E-state index in [1.54, 1.807) is 7.11 Å². The summed E-state index contributed by atoms with van der Waals surface area (Å²) in [4.78, 5) is 11.5. The number of nitrogens with one attached hydrogen (secondary N) is 1. The maximum absolute atomic E-state index is 11.5. The van der Waals surface area contributed by atoms with Crippen LogP contribution < -0.4 is 11.1 Å². The van der Waals surface area contributed by atoms with Crippen molar-refractivity contribution in [2.45, 2.75) is 37.8 Å². The minimum absolute atomic E-state index is 0.00645. The summed E-state index contributed by atoms with van der Waals surface area (Å²) in [5, 5.41) is 2.84. The van der Waals surface area contributed by atoms with Crippen LogP contribution in [0.3, 0.4) is 0 Å². The summed E-state index contributed by atoms with van der Waals surface area (Å²) < 4.78 is 10.3. The fourth-order valence-electron chi connectivity index (χ4n) is 1.78. The maximum Gasteiger partial charge on any atom is 0.222 e. The lowest BCUT2D eigenvalue weighted by atomic mass is 10.1. The van der Waals surface area contributed by atoms with Gasteiger partial charge >= 0.3 is 0 Å². The molecule has 1 aliphatic rings. The number of nitrogens with two attached hydrogens (primary N) is 1. The Morgan fingerprint density at radius 2 is 2.50 bits per heavy atom. The second-order valence-corrected chi connectivity index (χ2v) is 4.19. The zero-order valence-corrected chi connectivity index (χ0v) is 9.91. The Balaban J connectivity index is 2.01. The average Bonchev–Trinajstić information content (AvgIpc) is 2.70. The molecule has 0 aromatic heterocycles. The summed E-state index contributed by atoms with van der Waals surface area (Å²) in [6, 6.07) is -0.00645. The molecule has 0 bridgehead atoms. The molecule has 2 atom stereocenters. The van der Waals surface area contributed by atoms with E-state index in [4.69, 9.17) is 15.2 Å². The summed E-state index contributed by atoms with van der Waals surface area (Å²) in [5.41, 5.74) is 5.73. The molecule has 0 saturated carbocycles. The average molecular weight is 230 g/mol. The van der Waals surface area contributed by atoms with E-state index >= 15 is 0 Å². The monoisotopic (exact) mass is 230 g/mol. The highest BCUT2D eigenvalue weighted by Gasteiger charge is 2.18. The molecular weight excluding hydrogens is 208 g/mol. The van der Waals surface area contributed by atoms with E-state index in [1.807, 2.05) is 0 Å². The molecule has 1 saturated heterocycles. The minimum Gasteiger partial charge on any atom is -0.383 e. The van der Waals surface area contributed by atoms with Crippen LogP contribution in [0.2, 0.25) is 0 Å². The lowest BCUT2D eigenvalue weighted by Gasteiger charge is -2.12. The number of amides is 1. The molecule has 1 aliphatic heterocycles. The van der Waals surface area contributed by atoms with Crippen LogP contribution in [0, 0.1) is 0 Å². The van der Waals surface area contributed by atoms with Crippen molar-refractivity contribution in [2.75, 3.05) is 26.9 Å². The molecule has 5 nitrogen and oxygen atoms in total. The zero-order valence-electron chi connectivity index (χ0n) is 9.91. The van der Waals surface area contributed by atoms with Gasteiger partial charge in [0.2, 0.25) is 5.91 Å². The van der Waals surface area contributed by atoms with E-state index in [2.05, 4.69) is 5.32 Å². The molecule has 1 rings (SSSR count). The van der Waals surface area contributed by atoms with Gasteiger partial charge in [-0.05, 0) is 19.3 Å². The quantitative estimate of drug-likeness (QED) is 0.647. The van der Waals surface area contributed by atoms with Gasteiger partial charge in [0.05, 0.1) is 19.1 Å². The molecule has 5 heteroatoms. The highest BCUT2D eigenvalue weighted by Crippen LogP contribution is 2.14. The Kier molecular flexibility index (Phi) is 6.37. The molecule has 0 radical (unpaired) electrons. The number of ether oxygens (including phenoxy) is 2. The first kappa shape index (κ1) is 13.4. The number of carbonyl (C=O) groups excluding carboxylic acids is 1. The number of hydrogen-bond donors (Lipinski definition) is 2. The fraction of sp³-hybridized carbons (Fsp3) is 0.909. The number of methoxy groups -OCH3 is 1. The summed E-state index contributed by atoms with van der Waals surface area (Å²) in [7, 11) is 1.62. The Hall–Kier alpha value is -0.650. The van der Waals surface area contributed by atoms with Crippen LogP contribution in [0.1, 0.15) is 25.7 Å². The first-order valence-electron chi connectivity index (χ1n) is 5.85. The van der Waals surface area contributed by atoms with Crippen molar-refractivity contribution in [1.29, 1.82) is 0 Å². The fourth-order valence-corrected chi connectivity index (χ4v) is 1.78. The van der Waals surface area contributed by atoms with Crippen LogP contribution in [0.15, 0.2) is 0 Å². The molecule has 2 unspecified atom stereocenters. The van der Waals surface area contributed by atoms with Crippen LogP contribution in [0.5, 0.6) is 0 Å². The van der Waals surface area contributed by atoms with E-state index < -0.39 is 0 Å². The Bertz CT molecular complexity index is 205. The molecule has 0 aromatic carbocycles. The number of hydrogen-bond acceptors (Lipinski definition) is 4. The molecular formula is C11H22N2O3. The Labute approximate surface area is 96.7 Å². The molecule has 94 valence electrons. The summed E-state index contributed by atoms with van der Waals surface area (Å²) in [5.74, 6) is 0.0523. The third kappa shape index (κ3) is 5.44. The SMILES string of the molecule is COCC(N)CCNC(=O)CC1CCCO1. The highest BCUT2D eigenvalue weighted by molar-refractivity contribution is 5.76. The summed E-state index contributed by atoms with van der Waals surface area (Å²) in [6.45, 7) is 1.92. The number of carbonyl (C=O) groups is 1. The molecule has 1 heterocycles. The van der Waals surface area contributed by atoms with Crippen LogP contribution >= 0.6 is 0 Å². The maximum atomic E-state index is 11.5. The first-order chi connectivity index (χ1) is 7.72. The Morgan fingerprint density at radius 1 is 1.69 bits per heavy atom. The normalized spacial score (nSPS) is 22.0. The zero-order chi connectivity index (χ0) is 11.8. The molecule has 0 aliphatic carbocycles. The van der Waals surface area contributed by atoms with Crippen LogP contribution in [0.4, 0.5) is 0 Å². The number of rotatable bonds is 7. The van der Waals surface area contributed by atoms with Crippen molar-refractivity contribution in [2.24, 2.45) is 5.73 Å². The Morgan fingerprint density at radius 3 is 3.12 bits per heavy atom. The van der Waals surface area contributed by atoms with E-state index in [0.29, 0.717) is 19.6 Å². The lowest BCUT2D eigenvalue weighted by molar-refractivity contribution is -0.123. The van der Waals surface area contributed by atoms with Gasteiger partial charge in [0, 0.05) is 26.3 Å². The highest BCUT2D eigenvalue weighted by atomic mass is 16.5. The summed E-state index contributed by atoms with van der Waals surface area (Å²) in [6.07, 6.45) is 3.39. The van der Waals surface area contributed by atoms with Gasteiger partial charge in [-0.25, -0.2) is 0 Å². The molecule has 1 fully saturated rings. The van der Waals surface area contributed by atoms with Gasteiger partial charge < -0.3 is 20.5 Å². The van der Waals surface area contributed by atoms with Gasteiger partial charge in [-0.1, -0.05) is 0 Å². The predicted octanol–water partition coefficient (Wildman–Crippen LogP) is 0.0355. The largest absolute Gasteiger partial charge is 0.383 e. The summed E-state index contributed by atoms with van der Waals surface area (Å²) >= 11 is 0. The third-order valence-electron chi connectivity index (χ3n) is 2.66. The van der Waals surface area contributed by atoms with Crippen LogP contribution in [-0.4, -0.2) is 44.9 Å². The first-order valence-corrected chi connectivity index (χ1v) is 5.85. The van der Waals surface area contributed by atoms with Gasteiger partial charge in [0.1, 0.15) is 0 Å². The molecule has 0 aromatic rings. The van der Waals surface area contributed by atoms with Crippen LogP contribution in [0.25, 0.3) is 0 Å². The van der Waals surface area contributed by atoms with Gasteiger partial charge in [-0.3, -0.25) is 4.79 Å². The van der Waals surface area contributed by atoms with Crippen molar-refractivity contribution >= 4 is 5.91 Å². The van der Waals surface area contributed by atoms with Gasteiger partial charge in [0.15, 0.2) is 0 Å².